The summed E-state index contributed by atoms with van der Waals surface area (Å²) < 4.78 is 5.38. The molecule has 0 spiro atoms. The van der Waals surface area contributed by atoms with E-state index in [0.29, 0.717) is 5.56 Å². The minimum Gasteiger partial charge on any atom is -0.462 e. The van der Waals surface area contributed by atoms with Crippen molar-refractivity contribution in [2.24, 2.45) is 0 Å². The van der Waals surface area contributed by atoms with Crippen molar-refractivity contribution in [1.82, 2.24) is 9.97 Å². The van der Waals surface area contributed by atoms with Gasteiger partial charge in [-0.2, -0.15) is 0 Å². The summed E-state index contributed by atoms with van der Waals surface area (Å²) >= 11 is 0. The Labute approximate surface area is 192 Å². The van der Waals surface area contributed by atoms with Crippen LogP contribution in [0.25, 0.3) is 11.4 Å². The lowest BCUT2D eigenvalue weighted by Crippen LogP contribution is -2.27. The number of anilines is 2. The SMILES string of the molecule is Cc1nc(-c2ccc(C(=O)OCCC(=O)N(c3ccccc3)c3ccccc3)cc2)[nH]c1C. The Bertz CT molecular complexity index is 1170. The topological polar surface area (TPSA) is 75.3 Å². The fraction of sp³-hybridized carbons (Fsp3) is 0.148. The summed E-state index contributed by atoms with van der Waals surface area (Å²) in [5.41, 5.74) is 4.79. The van der Waals surface area contributed by atoms with Crippen molar-refractivity contribution in [3.05, 3.63) is 102 Å². The number of amides is 1. The van der Waals surface area contributed by atoms with Crippen LogP contribution in [0.3, 0.4) is 0 Å². The lowest BCUT2D eigenvalue weighted by atomic mass is 10.1. The van der Waals surface area contributed by atoms with Crippen LogP contribution in [0, 0.1) is 13.8 Å². The minimum atomic E-state index is -0.466. The number of nitrogens with zero attached hydrogens (tertiary/aromatic N) is 2. The number of benzene rings is 3. The van der Waals surface area contributed by atoms with Crippen LogP contribution in [0.4, 0.5) is 11.4 Å². The number of aromatic amines is 1. The van der Waals surface area contributed by atoms with Gasteiger partial charge in [-0.15, -0.1) is 0 Å². The quantitative estimate of drug-likeness (QED) is 0.380. The molecule has 1 heterocycles. The van der Waals surface area contributed by atoms with Gasteiger partial charge in [0.2, 0.25) is 5.91 Å². The van der Waals surface area contributed by atoms with Gasteiger partial charge in [0.25, 0.3) is 0 Å². The number of hydrogen-bond acceptors (Lipinski definition) is 4. The van der Waals surface area contributed by atoms with E-state index >= 15 is 0 Å². The van der Waals surface area contributed by atoms with Crippen LogP contribution in [0.1, 0.15) is 28.2 Å². The molecule has 6 heteroatoms. The Balaban J connectivity index is 1.38. The van der Waals surface area contributed by atoms with Crippen LogP contribution >= 0.6 is 0 Å². The molecule has 1 N–H and O–H groups in total. The molecule has 0 aliphatic heterocycles. The second kappa shape index (κ2) is 9.96. The smallest absolute Gasteiger partial charge is 0.338 e. The molecule has 0 aliphatic rings. The van der Waals surface area contributed by atoms with E-state index in [-0.39, 0.29) is 18.9 Å². The van der Waals surface area contributed by atoms with Crippen LogP contribution in [-0.2, 0) is 9.53 Å². The van der Waals surface area contributed by atoms with Crippen molar-refractivity contribution in [3.63, 3.8) is 0 Å². The molecule has 1 aromatic heterocycles. The number of esters is 1. The predicted octanol–water partition coefficient (Wildman–Crippen LogP) is 5.61. The first-order chi connectivity index (χ1) is 16.0. The van der Waals surface area contributed by atoms with Gasteiger partial charge in [0.15, 0.2) is 0 Å². The van der Waals surface area contributed by atoms with Gasteiger partial charge in [0.05, 0.1) is 17.7 Å². The Morgan fingerprint density at radius 2 is 1.42 bits per heavy atom. The molecule has 166 valence electrons. The summed E-state index contributed by atoms with van der Waals surface area (Å²) in [7, 11) is 0. The van der Waals surface area contributed by atoms with Crippen LogP contribution in [0.5, 0.6) is 0 Å². The van der Waals surface area contributed by atoms with Crippen molar-refractivity contribution >= 4 is 23.3 Å². The summed E-state index contributed by atoms with van der Waals surface area (Å²) in [5, 5.41) is 0. The molecule has 6 nitrogen and oxygen atoms in total. The van der Waals surface area contributed by atoms with E-state index in [9.17, 15) is 9.59 Å². The van der Waals surface area contributed by atoms with E-state index in [2.05, 4.69) is 9.97 Å². The number of aromatic nitrogens is 2. The first-order valence-corrected chi connectivity index (χ1v) is 10.8. The first-order valence-electron chi connectivity index (χ1n) is 10.8. The molecule has 4 aromatic rings. The van der Waals surface area contributed by atoms with Crippen molar-refractivity contribution in [2.75, 3.05) is 11.5 Å². The normalized spacial score (nSPS) is 10.6. The van der Waals surface area contributed by atoms with Crippen molar-refractivity contribution in [3.8, 4) is 11.4 Å². The van der Waals surface area contributed by atoms with Gasteiger partial charge in [-0.1, -0.05) is 48.5 Å². The van der Waals surface area contributed by atoms with Crippen LogP contribution < -0.4 is 4.90 Å². The van der Waals surface area contributed by atoms with Crippen molar-refractivity contribution < 1.29 is 14.3 Å². The fourth-order valence-corrected chi connectivity index (χ4v) is 3.47. The third-order valence-corrected chi connectivity index (χ3v) is 5.35. The Morgan fingerprint density at radius 3 is 1.94 bits per heavy atom. The van der Waals surface area contributed by atoms with Crippen molar-refractivity contribution in [1.29, 1.82) is 0 Å². The highest BCUT2D eigenvalue weighted by molar-refractivity contribution is 6.00. The highest BCUT2D eigenvalue weighted by Crippen LogP contribution is 2.26. The number of hydrogen-bond donors (Lipinski definition) is 1. The van der Waals surface area contributed by atoms with E-state index < -0.39 is 5.97 Å². The van der Waals surface area contributed by atoms with Gasteiger partial charge in [-0.3, -0.25) is 9.69 Å². The lowest BCUT2D eigenvalue weighted by Gasteiger charge is -2.23. The van der Waals surface area contributed by atoms with Gasteiger partial charge in [0.1, 0.15) is 12.4 Å². The van der Waals surface area contributed by atoms with Crippen LogP contribution in [0.15, 0.2) is 84.9 Å². The maximum absolute atomic E-state index is 13.0. The lowest BCUT2D eigenvalue weighted by molar-refractivity contribution is -0.118. The maximum atomic E-state index is 13.0. The molecule has 0 saturated carbocycles. The second-order valence-electron chi connectivity index (χ2n) is 7.66. The number of nitrogens with one attached hydrogen (secondary N) is 1. The molecule has 0 aliphatic carbocycles. The van der Waals surface area contributed by atoms with Gasteiger partial charge in [0, 0.05) is 22.6 Å². The van der Waals surface area contributed by atoms with E-state index in [1.807, 2.05) is 86.6 Å². The predicted molar refractivity (Wildman–Crippen MR) is 128 cm³/mol. The van der Waals surface area contributed by atoms with Crippen molar-refractivity contribution in [2.45, 2.75) is 20.3 Å². The molecule has 4 rings (SSSR count). The number of aryl methyl sites for hydroxylation is 2. The Hall–Kier alpha value is -4.19. The summed E-state index contributed by atoms with van der Waals surface area (Å²) in [4.78, 5) is 34.8. The minimum absolute atomic E-state index is 0.00778. The zero-order valence-corrected chi connectivity index (χ0v) is 18.6. The summed E-state index contributed by atoms with van der Waals surface area (Å²) in [6.07, 6.45) is 0.0680. The highest BCUT2D eigenvalue weighted by atomic mass is 16.5. The molecule has 0 radical (unpaired) electrons. The number of carbonyl (C=O) groups excluding carboxylic acids is 2. The van der Waals surface area contributed by atoms with Gasteiger partial charge in [-0.05, 0) is 50.2 Å². The van der Waals surface area contributed by atoms with Crippen LogP contribution in [-0.4, -0.2) is 28.5 Å². The fourth-order valence-electron chi connectivity index (χ4n) is 3.47. The Kier molecular flexibility index (Phi) is 6.64. The van der Waals surface area contributed by atoms with Crippen LogP contribution in [0.2, 0.25) is 0 Å². The summed E-state index contributed by atoms with van der Waals surface area (Å²) in [6.45, 7) is 3.90. The maximum Gasteiger partial charge on any atom is 0.338 e. The zero-order valence-electron chi connectivity index (χ0n) is 18.6. The number of ether oxygens (including phenoxy) is 1. The molecular weight excluding hydrogens is 414 g/mol. The number of rotatable bonds is 7. The van der Waals surface area contributed by atoms with Gasteiger partial charge < -0.3 is 9.72 Å². The average molecular weight is 440 g/mol. The number of H-pyrrole nitrogens is 1. The third-order valence-electron chi connectivity index (χ3n) is 5.35. The summed E-state index contributed by atoms with van der Waals surface area (Å²) in [5.74, 6) is 0.142. The molecule has 33 heavy (non-hydrogen) atoms. The standard InChI is InChI=1S/C27H25N3O3/c1-19-20(2)29-26(28-19)21-13-15-22(16-14-21)27(32)33-18-17-25(31)30(23-9-5-3-6-10-23)24-11-7-4-8-12-24/h3-16H,17-18H2,1-2H3,(H,28,29). The summed E-state index contributed by atoms with van der Waals surface area (Å²) in [6, 6.07) is 25.9. The van der Waals surface area contributed by atoms with E-state index in [1.165, 1.54) is 0 Å². The zero-order chi connectivity index (χ0) is 23.2. The molecule has 3 aromatic carbocycles. The van der Waals surface area contributed by atoms with E-state index in [1.54, 1.807) is 17.0 Å². The van der Waals surface area contributed by atoms with E-state index in [4.69, 9.17) is 4.74 Å². The number of carbonyl (C=O) groups is 2. The number of para-hydroxylation sites is 2. The number of imidazole rings is 1. The second-order valence-corrected chi connectivity index (χ2v) is 7.66. The van der Waals surface area contributed by atoms with Gasteiger partial charge >= 0.3 is 5.97 Å². The first kappa shape index (κ1) is 22.0. The monoisotopic (exact) mass is 439 g/mol. The largest absolute Gasteiger partial charge is 0.462 e. The molecular formula is C27H25N3O3. The van der Waals surface area contributed by atoms with Gasteiger partial charge in [-0.25, -0.2) is 9.78 Å². The third kappa shape index (κ3) is 5.18. The molecule has 0 saturated heterocycles. The highest BCUT2D eigenvalue weighted by Gasteiger charge is 2.18. The Morgan fingerprint density at radius 1 is 0.848 bits per heavy atom. The van der Waals surface area contributed by atoms with E-state index in [0.717, 1.165) is 34.2 Å². The molecule has 1 amide bonds. The molecule has 0 atom stereocenters. The molecule has 0 bridgehead atoms. The molecule has 0 unspecified atom stereocenters. The molecule has 0 fully saturated rings. The average Bonchev–Trinajstić information content (AvgIpc) is 3.19.